The van der Waals surface area contributed by atoms with E-state index in [4.69, 9.17) is 14.2 Å². The number of carbonyl (C=O) groups is 1. The molecule has 0 bridgehead atoms. The van der Waals surface area contributed by atoms with Gasteiger partial charge in [0.05, 0.1) is 32.0 Å². The number of halogens is 1. The molecule has 0 saturated carbocycles. The maximum atomic E-state index is 11.6. The third-order valence-corrected chi connectivity index (χ3v) is 5.34. The molecule has 1 N–H and O–H groups in total. The predicted molar refractivity (Wildman–Crippen MR) is 125 cm³/mol. The van der Waals surface area contributed by atoms with Gasteiger partial charge in [0, 0.05) is 15.4 Å². The predicted octanol–water partition coefficient (Wildman–Crippen LogP) is 5.04. The van der Waals surface area contributed by atoms with Crippen molar-refractivity contribution in [3.8, 4) is 11.5 Å². The summed E-state index contributed by atoms with van der Waals surface area (Å²) in [5, 5.41) is 6.65. The average molecular weight is 504 g/mol. The van der Waals surface area contributed by atoms with Crippen LogP contribution in [-0.4, -0.2) is 30.9 Å². The lowest BCUT2D eigenvalue weighted by Crippen LogP contribution is -2.07. The van der Waals surface area contributed by atoms with Crippen LogP contribution in [0.5, 0.6) is 11.5 Å². The number of thiazole rings is 1. The van der Waals surface area contributed by atoms with Crippen LogP contribution in [0.25, 0.3) is 0 Å². The van der Waals surface area contributed by atoms with Crippen LogP contribution >= 0.6 is 27.3 Å². The highest BCUT2D eigenvalue weighted by molar-refractivity contribution is 9.10. The SMILES string of the molecule is CCOC(=O)Cc1csc(NN=Cc2cc(Br)ccc2OCc2cccc(OC)c2)n1. The van der Waals surface area contributed by atoms with Crippen molar-refractivity contribution < 1.29 is 19.0 Å². The maximum Gasteiger partial charge on any atom is 0.311 e. The first kappa shape index (κ1) is 22.8. The highest BCUT2D eigenvalue weighted by atomic mass is 79.9. The quantitative estimate of drug-likeness (QED) is 0.237. The molecule has 2 aromatic carbocycles. The van der Waals surface area contributed by atoms with E-state index < -0.39 is 0 Å². The lowest BCUT2D eigenvalue weighted by Gasteiger charge is -2.10. The van der Waals surface area contributed by atoms with Gasteiger partial charge in [-0.25, -0.2) is 4.98 Å². The first-order valence-corrected chi connectivity index (χ1v) is 11.2. The fraction of sp³-hybridized carbons (Fsp3) is 0.227. The van der Waals surface area contributed by atoms with Crippen molar-refractivity contribution in [2.45, 2.75) is 20.0 Å². The van der Waals surface area contributed by atoms with Gasteiger partial charge in [0.1, 0.15) is 18.1 Å². The second-order valence-corrected chi connectivity index (χ2v) is 8.09. The minimum Gasteiger partial charge on any atom is -0.497 e. The minimum atomic E-state index is -0.296. The van der Waals surface area contributed by atoms with Gasteiger partial charge in [-0.15, -0.1) is 11.3 Å². The number of nitrogens with one attached hydrogen (secondary N) is 1. The van der Waals surface area contributed by atoms with Gasteiger partial charge in [-0.05, 0) is 42.8 Å². The Morgan fingerprint density at radius 3 is 2.97 bits per heavy atom. The van der Waals surface area contributed by atoms with E-state index in [0.717, 1.165) is 21.3 Å². The molecule has 0 radical (unpaired) electrons. The smallest absolute Gasteiger partial charge is 0.311 e. The van der Waals surface area contributed by atoms with Gasteiger partial charge >= 0.3 is 5.97 Å². The number of hydrazone groups is 1. The number of methoxy groups -OCH3 is 1. The van der Waals surface area contributed by atoms with Crippen LogP contribution in [0.15, 0.2) is 57.4 Å². The van der Waals surface area contributed by atoms with E-state index in [-0.39, 0.29) is 12.4 Å². The molecule has 0 spiro atoms. The summed E-state index contributed by atoms with van der Waals surface area (Å²) in [5.74, 6) is 1.18. The molecule has 0 atom stereocenters. The molecule has 9 heteroatoms. The Kier molecular flexibility index (Phi) is 8.43. The number of hydrogen-bond acceptors (Lipinski definition) is 8. The Balaban J connectivity index is 1.63. The first-order chi connectivity index (χ1) is 15.1. The van der Waals surface area contributed by atoms with Crippen LogP contribution in [0, 0.1) is 0 Å². The van der Waals surface area contributed by atoms with E-state index in [1.807, 2.05) is 42.5 Å². The van der Waals surface area contributed by atoms with Gasteiger partial charge in [-0.2, -0.15) is 5.10 Å². The normalized spacial score (nSPS) is 10.8. The lowest BCUT2D eigenvalue weighted by molar-refractivity contribution is -0.142. The van der Waals surface area contributed by atoms with E-state index in [0.29, 0.717) is 29.8 Å². The van der Waals surface area contributed by atoms with Gasteiger partial charge in [-0.3, -0.25) is 10.2 Å². The molecule has 0 aliphatic rings. The van der Waals surface area contributed by atoms with Crippen molar-refractivity contribution >= 4 is 44.6 Å². The number of benzene rings is 2. The van der Waals surface area contributed by atoms with Crippen molar-refractivity contribution in [1.29, 1.82) is 0 Å². The Hall–Kier alpha value is -2.91. The van der Waals surface area contributed by atoms with Crippen LogP contribution in [0.4, 0.5) is 5.13 Å². The van der Waals surface area contributed by atoms with Crippen LogP contribution < -0.4 is 14.9 Å². The van der Waals surface area contributed by atoms with Gasteiger partial charge in [0.15, 0.2) is 0 Å². The third kappa shape index (κ3) is 7.08. The standard InChI is InChI=1S/C22H22BrN3O4S/c1-3-29-21(27)11-18-14-31-22(25-18)26-24-12-16-10-17(23)7-8-20(16)30-13-15-5-4-6-19(9-15)28-2/h4-10,12,14H,3,11,13H2,1-2H3,(H,25,26). The van der Waals surface area contributed by atoms with Crippen molar-refractivity contribution in [1.82, 2.24) is 4.98 Å². The molecule has 3 rings (SSSR count). The monoisotopic (exact) mass is 503 g/mol. The summed E-state index contributed by atoms with van der Waals surface area (Å²) >= 11 is 4.85. The van der Waals surface area contributed by atoms with E-state index in [1.165, 1.54) is 11.3 Å². The highest BCUT2D eigenvalue weighted by Gasteiger charge is 2.08. The average Bonchev–Trinajstić information content (AvgIpc) is 3.20. The molecule has 1 aromatic heterocycles. The summed E-state index contributed by atoms with van der Waals surface area (Å²) in [6.45, 7) is 2.53. The highest BCUT2D eigenvalue weighted by Crippen LogP contribution is 2.24. The summed E-state index contributed by atoms with van der Waals surface area (Å²) in [5.41, 5.74) is 5.34. The molecule has 0 unspecified atom stereocenters. The molecule has 0 amide bonds. The lowest BCUT2D eigenvalue weighted by atomic mass is 10.2. The molecule has 0 fully saturated rings. The number of anilines is 1. The second kappa shape index (κ2) is 11.5. The van der Waals surface area contributed by atoms with Crippen LogP contribution in [0.1, 0.15) is 23.7 Å². The number of carbonyl (C=O) groups excluding carboxylic acids is 1. The van der Waals surface area contributed by atoms with E-state index in [2.05, 4.69) is 31.4 Å². The summed E-state index contributed by atoms with van der Waals surface area (Å²) in [7, 11) is 1.64. The van der Waals surface area contributed by atoms with Gasteiger partial charge in [0.25, 0.3) is 0 Å². The van der Waals surface area contributed by atoms with Crippen LogP contribution in [-0.2, 0) is 22.6 Å². The van der Waals surface area contributed by atoms with E-state index >= 15 is 0 Å². The number of hydrogen-bond donors (Lipinski definition) is 1. The number of esters is 1. The van der Waals surface area contributed by atoms with Crippen LogP contribution in [0.3, 0.4) is 0 Å². The van der Waals surface area contributed by atoms with Crippen molar-refractivity contribution in [2.24, 2.45) is 5.10 Å². The Labute approximate surface area is 193 Å². The summed E-state index contributed by atoms with van der Waals surface area (Å²) in [6, 6.07) is 13.4. The minimum absolute atomic E-state index is 0.142. The zero-order chi connectivity index (χ0) is 22.1. The van der Waals surface area contributed by atoms with Crippen molar-refractivity contribution in [3.63, 3.8) is 0 Å². The van der Waals surface area contributed by atoms with Gasteiger partial charge < -0.3 is 14.2 Å². The molecule has 31 heavy (non-hydrogen) atoms. The van der Waals surface area contributed by atoms with Crippen molar-refractivity contribution in [3.05, 3.63) is 69.1 Å². The molecule has 0 aliphatic carbocycles. The summed E-state index contributed by atoms with van der Waals surface area (Å²) < 4.78 is 17.1. The number of rotatable bonds is 10. The van der Waals surface area contributed by atoms with Gasteiger partial charge in [0.2, 0.25) is 5.13 Å². The Morgan fingerprint density at radius 2 is 2.16 bits per heavy atom. The first-order valence-electron chi connectivity index (χ1n) is 9.51. The zero-order valence-electron chi connectivity index (χ0n) is 17.1. The molecule has 3 aromatic rings. The summed E-state index contributed by atoms with van der Waals surface area (Å²) in [4.78, 5) is 15.9. The molecule has 1 heterocycles. The fourth-order valence-electron chi connectivity index (χ4n) is 2.63. The largest absolute Gasteiger partial charge is 0.497 e. The topological polar surface area (TPSA) is 82.0 Å². The number of aromatic nitrogens is 1. The Morgan fingerprint density at radius 1 is 1.29 bits per heavy atom. The van der Waals surface area contributed by atoms with Crippen LogP contribution in [0.2, 0.25) is 0 Å². The fourth-order valence-corrected chi connectivity index (χ4v) is 3.67. The van der Waals surface area contributed by atoms with E-state index in [9.17, 15) is 4.79 Å². The van der Waals surface area contributed by atoms with Crippen molar-refractivity contribution in [2.75, 3.05) is 19.1 Å². The molecular weight excluding hydrogens is 482 g/mol. The molecule has 0 aliphatic heterocycles. The molecular formula is C22H22BrN3O4S. The van der Waals surface area contributed by atoms with Gasteiger partial charge in [-0.1, -0.05) is 28.1 Å². The molecule has 0 saturated heterocycles. The second-order valence-electron chi connectivity index (χ2n) is 6.32. The number of ether oxygens (including phenoxy) is 3. The zero-order valence-corrected chi connectivity index (χ0v) is 19.5. The maximum absolute atomic E-state index is 11.6. The summed E-state index contributed by atoms with van der Waals surface area (Å²) in [6.07, 6.45) is 1.81. The third-order valence-electron chi connectivity index (χ3n) is 4.05. The Bertz CT molecular complexity index is 1050. The number of nitrogens with zero attached hydrogens (tertiary/aromatic N) is 2. The molecule has 7 nitrogen and oxygen atoms in total. The molecule has 162 valence electrons. The van der Waals surface area contributed by atoms with E-state index in [1.54, 1.807) is 25.6 Å².